The van der Waals surface area contributed by atoms with Crippen molar-refractivity contribution in [1.82, 2.24) is 5.32 Å². The zero-order valence-corrected chi connectivity index (χ0v) is 19.3. The summed E-state index contributed by atoms with van der Waals surface area (Å²) in [5.41, 5.74) is 4.25. The van der Waals surface area contributed by atoms with Gasteiger partial charge in [0, 0.05) is 35.2 Å². The predicted octanol–water partition coefficient (Wildman–Crippen LogP) is 5.25. The van der Waals surface area contributed by atoms with Crippen LogP contribution in [0.1, 0.15) is 27.0 Å². The maximum atomic E-state index is 13.2. The number of anilines is 1. The highest BCUT2D eigenvalue weighted by Gasteiger charge is 2.26. The van der Waals surface area contributed by atoms with Gasteiger partial charge in [0.1, 0.15) is 6.04 Å². The van der Waals surface area contributed by atoms with Crippen molar-refractivity contribution in [2.24, 2.45) is 4.99 Å². The number of hydrogen-bond donors (Lipinski definition) is 2. The van der Waals surface area contributed by atoms with Crippen molar-refractivity contribution in [3.63, 3.8) is 0 Å². The molecule has 4 aromatic rings. The average molecular weight is 468 g/mol. The number of halogens is 1. The fourth-order valence-electron chi connectivity index (χ4n) is 4.23. The molecule has 4 aromatic carbocycles. The number of carbonyl (C=O) groups is 2. The lowest BCUT2D eigenvalue weighted by Crippen LogP contribution is -2.27. The van der Waals surface area contributed by atoms with Crippen LogP contribution in [-0.4, -0.2) is 30.6 Å². The molecule has 6 heteroatoms. The molecule has 0 spiro atoms. The molecule has 0 saturated heterocycles. The molecule has 0 radical (unpaired) electrons. The maximum Gasteiger partial charge on any atom is 0.251 e. The third kappa shape index (κ3) is 4.30. The molecule has 168 valence electrons. The molecule has 0 fully saturated rings. The van der Waals surface area contributed by atoms with E-state index in [1.54, 1.807) is 37.4 Å². The van der Waals surface area contributed by atoms with Crippen LogP contribution in [0.25, 0.3) is 10.8 Å². The van der Waals surface area contributed by atoms with E-state index >= 15 is 0 Å². The molecule has 1 heterocycles. The number of amides is 2. The van der Waals surface area contributed by atoms with E-state index in [0.29, 0.717) is 28.4 Å². The summed E-state index contributed by atoms with van der Waals surface area (Å²) in [7, 11) is 1.59. The Morgan fingerprint density at radius 2 is 1.79 bits per heavy atom. The molecular formula is C28H22ClN3O2. The molecule has 5 rings (SSSR count). The van der Waals surface area contributed by atoms with Crippen molar-refractivity contribution in [3.05, 3.63) is 112 Å². The first-order valence-electron chi connectivity index (χ1n) is 11.0. The quantitative estimate of drug-likeness (QED) is 0.430. The maximum absolute atomic E-state index is 13.2. The fourth-order valence-corrected chi connectivity index (χ4v) is 4.40. The first-order valence-corrected chi connectivity index (χ1v) is 11.4. The molecule has 0 aromatic heterocycles. The summed E-state index contributed by atoms with van der Waals surface area (Å²) in [6.07, 6.45) is 0.441. The van der Waals surface area contributed by atoms with Crippen molar-refractivity contribution >= 4 is 45.6 Å². The number of carbonyl (C=O) groups excluding carboxylic acids is 2. The van der Waals surface area contributed by atoms with E-state index in [9.17, 15) is 9.59 Å². The minimum absolute atomic E-state index is 0.186. The topological polar surface area (TPSA) is 70.6 Å². The Hall–Kier alpha value is -3.96. The number of aliphatic imine (C=N–C) groups is 1. The van der Waals surface area contributed by atoms with Gasteiger partial charge in [-0.25, -0.2) is 0 Å². The van der Waals surface area contributed by atoms with Gasteiger partial charge >= 0.3 is 0 Å². The lowest BCUT2D eigenvalue weighted by atomic mass is 9.98. The van der Waals surface area contributed by atoms with Crippen LogP contribution >= 0.6 is 11.6 Å². The smallest absolute Gasteiger partial charge is 0.251 e. The Balaban J connectivity index is 1.61. The minimum Gasteiger partial charge on any atom is -0.355 e. The highest BCUT2D eigenvalue weighted by atomic mass is 35.5. The van der Waals surface area contributed by atoms with Crippen molar-refractivity contribution in [2.75, 3.05) is 12.4 Å². The first-order chi connectivity index (χ1) is 16.5. The van der Waals surface area contributed by atoms with Gasteiger partial charge in [0.25, 0.3) is 5.91 Å². The van der Waals surface area contributed by atoms with Crippen LogP contribution in [0.5, 0.6) is 0 Å². The molecule has 34 heavy (non-hydrogen) atoms. The van der Waals surface area contributed by atoms with Gasteiger partial charge in [-0.3, -0.25) is 14.6 Å². The summed E-state index contributed by atoms with van der Waals surface area (Å²) < 4.78 is 0. The molecule has 1 aliphatic heterocycles. The third-order valence-corrected chi connectivity index (χ3v) is 6.19. The molecule has 2 N–H and O–H groups in total. The summed E-state index contributed by atoms with van der Waals surface area (Å²) >= 11 is 6.31. The Morgan fingerprint density at radius 3 is 2.62 bits per heavy atom. The van der Waals surface area contributed by atoms with Gasteiger partial charge in [-0.2, -0.15) is 0 Å². The fraction of sp³-hybridized carbons (Fsp3) is 0.107. The second kappa shape index (κ2) is 9.12. The highest BCUT2D eigenvalue weighted by molar-refractivity contribution is 6.32. The number of benzene rings is 4. The van der Waals surface area contributed by atoms with Gasteiger partial charge in [-0.05, 0) is 46.7 Å². The monoisotopic (exact) mass is 467 g/mol. The van der Waals surface area contributed by atoms with Crippen LogP contribution in [-0.2, 0) is 11.2 Å². The van der Waals surface area contributed by atoms with E-state index in [4.69, 9.17) is 16.6 Å². The standard InChI is InChI=1S/C28H22ClN3O2/c1-30-27(33)21-8-4-7-20(15-21)26-23-16-22(29)11-12-24(23)32-28(34)25(31-26)14-17-9-10-18-5-2-3-6-19(18)13-17/h2-13,15-16,25H,14H2,1H3,(H,30,33)(H,32,34). The van der Waals surface area contributed by atoms with Crippen LogP contribution in [0.4, 0.5) is 5.69 Å². The van der Waals surface area contributed by atoms with Crippen LogP contribution in [0, 0.1) is 0 Å². The summed E-state index contributed by atoms with van der Waals surface area (Å²) in [4.78, 5) is 30.4. The molecule has 1 aliphatic rings. The Bertz CT molecular complexity index is 1460. The van der Waals surface area contributed by atoms with E-state index in [1.807, 2.05) is 30.3 Å². The SMILES string of the molecule is CNC(=O)c1cccc(C2=NC(Cc3ccc4ccccc4c3)C(=O)Nc3ccc(Cl)cc32)c1. The van der Waals surface area contributed by atoms with Crippen molar-refractivity contribution in [1.29, 1.82) is 0 Å². The number of rotatable bonds is 4. The molecular weight excluding hydrogens is 446 g/mol. The summed E-state index contributed by atoms with van der Waals surface area (Å²) in [6, 6.07) is 26.2. The van der Waals surface area contributed by atoms with E-state index in [0.717, 1.165) is 27.5 Å². The lowest BCUT2D eigenvalue weighted by Gasteiger charge is -2.12. The molecule has 5 nitrogen and oxygen atoms in total. The second-order valence-electron chi connectivity index (χ2n) is 8.22. The normalized spacial score (nSPS) is 15.2. The summed E-state index contributed by atoms with van der Waals surface area (Å²) in [5.74, 6) is -0.376. The van der Waals surface area contributed by atoms with Crippen LogP contribution in [0.3, 0.4) is 0 Å². The van der Waals surface area contributed by atoms with Crippen molar-refractivity contribution < 1.29 is 9.59 Å². The highest BCUT2D eigenvalue weighted by Crippen LogP contribution is 2.29. The minimum atomic E-state index is -0.647. The lowest BCUT2D eigenvalue weighted by molar-refractivity contribution is -0.117. The van der Waals surface area contributed by atoms with Gasteiger partial charge < -0.3 is 10.6 Å². The second-order valence-corrected chi connectivity index (χ2v) is 8.65. The van der Waals surface area contributed by atoms with E-state index in [1.165, 1.54) is 0 Å². The van der Waals surface area contributed by atoms with E-state index < -0.39 is 6.04 Å². The molecule has 0 saturated carbocycles. The molecule has 0 aliphatic carbocycles. The Morgan fingerprint density at radius 1 is 0.971 bits per heavy atom. The van der Waals surface area contributed by atoms with Gasteiger partial charge in [-0.15, -0.1) is 0 Å². The summed E-state index contributed by atoms with van der Waals surface area (Å²) in [5, 5.41) is 8.47. The Kier molecular flexibility index (Phi) is 5.86. The van der Waals surface area contributed by atoms with Crippen molar-refractivity contribution in [3.8, 4) is 0 Å². The van der Waals surface area contributed by atoms with Crippen LogP contribution < -0.4 is 10.6 Å². The zero-order valence-electron chi connectivity index (χ0n) is 18.5. The van der Waals surface area contributed by atoms with E-state index in [2.05, 4.69) is 34.9 Å². The number of nitrogens with one attached hydrogen (secondary N) is 2. The molecule has 0 bridgehead atoms. The van der Waals surface area contributed by atoms with Gasteiger partial charge in [0.2, 0.25) is 5.91 Å². The predicted molar refractivity (Wildman–Crippen MR) is 137 cm³/mol. The van der Waals surface area contributed by atoms with Gasteiger partial charge in [0.05, 0.1) is 11.4 Å². The van der Waals surface area contributed by atoms with Crippen molar-refractivity contribution in [2.45, 2.75) is 12.5 Å². The number of benzodiazepines with no additional fused rings is 1. The largest absolute Gasteiger partial charge is 0.355 e. The molecule has 1 atom stereocenters. The number of hydrogen-bond acceptors (Lipinski definition) is 3. The Labute approximate surface area is 202 Å². The van der Waals surface area contributed by atoms with Gasteiger partial charge in [0.15, 0.2) is 0 Å². The van der Waals surface area contributed by atoms with Crippen LogP contribution in [0.15, 0.2) is 89.9 Å². The first kappa shape index (κ1) is 21.9. The zero-order chi connectivity index (χ0) is 23.7. The van der Waals surface area contributed by atoms with Gasteiger partial charge in [-0.1, -0.05) is 66.2 Å². The molecule has 2 amide bonds. The summed E-state index contributed by atoms with van der Waals surface area (Å²) in [6.45, 7) is 0. The third-order valence-electron chi connectivity index (χ3n) is 5.95. The molecule has 1 unspecified atom stereocenters. The van der Waals surface area contributed by atoms with E-state index in [-0.39, 0.29) is 11.8 Å². The average Bonchev–Trinajstić information content (AvgIpc) is 2.99. The number of fused-ring (bicyclic) bond motifs is 2. The van der Waals surface area contributed by atoms with Crippen LogP contribution in [0.2, 0.25) is 5.02 Å². The number of nitrogens with zero attached hydrogens (tertiary/aromatic N) is 1.